The molecule has 0 spiro atoms. The number of rotatable bonds is 4. The van der Waals surface area contributed by atoms with Crippen molar-refractivity contribution in [2.75, 3.05) is 18.4 Å². The van der Waals surface area contributed by atoms with Crippen molar-refractivity contribution in [1.29, 1.82) is 0 Å². The summed E-state index contributed by atoms with van der Waals surface area (Å²) >= 11 is 1.55. The minimum Gasteiger partial charge on any atom is -0.333 e. The van der Waals surface area contributed by atoms with Gasteiger partial charge in [-0.25, -0.2) is 9.97 Å². The van der Waals surface area contributed by atoms with Crippen molar-refractivity contribution in [2.24, 2.45) is 5.73 Å². The van der Waals surface area contributed by atoms with E-state index in [1.807, 2.05) is 35.4 Å². The van der Waals surface area contributed by atoms with Gasteiger partial charge in [-0.2, -0.15) is 0 Å². The van der Waals surface area contributed by atoms with Crippen LogP contribution in [0.15, 0.2) is 23.6 Å². The highest BCUT2D eigenvalue weighted by Gasteiger charge is 2.30. The smallest absolute Gasteiger partial charge is 0.236 e. The van der Waals surface area contributed by atoms with Crippen molar-refractivity contribution >= 4 is 28.2 Å². The summed E-state index contributed by atoms with van der Waals surface area (Å²) in [4.78, 5) is 22.8. The third-order valence-electron chi connectivity index (χ3n) is 3.71. The Morgan fingerprint density at radius 2 is 2.36 bits per heavy atom. The lowest BCUT2D eigenvalue weighted by molar-refractivity contribution is -0.130. The average Bonchev–Trinajstić information content (AvgIpc) is 3.16. The maximum absolute atomic E-state index is 11.9. The minimum atomic E-state index is -0.0155. The van der Waals surface area contributed by atoms with Crippen molar-refractivity contribution in [3.63, 3.8) is 0 Å². The molecule has 1 fully saturated rings. The molecular weight excluding hydrogens is 298 g/mol. The second kappa shape index (κ2) is 6.41. The lowest BCUT2D eigenvalue weighted by Gasteiger charge is -2.24. The zero-order valence-corrected chi connectivity index (χ0v) is 13.3. The summed E-state index contributed by atoms with van der Waals surface area (Å²) in [7, 11) is 0. The predicted molar refractivity (Wildman–Crippen MR) is 87.1 cm³/mol. The first-order chi connectivity index (χ1) is 10.7. The number of amides is 1. The molecule has 0 radical (unpaired) electrons. The van der Waals surface area contributed by atoms with Crippen LogP contribution < -0.4 is 11.1 Å². The minimum absolute atomic E-state index is 0.0155. The molecule has 0 saturated carbocycles. The van der Waals surface area contributed by atoms with Crippen molar-refractivity contribution in [1.82, 2.24) is 14.9 Å². The van der Waals surface area contributed by atoms with Crippen LogP contribution in [0.5, 0.6) is 0 Å². The number of nitrogens with two attached hydrogens (primary N) is 1. The van der Waals surface area contributed by atoms with Gasteiger partial charge in [0.05, 0.1) is 24.0 Å². The van der Waals surface area contributed by atoms with Gasteiger partial charge in [-0.05, 0) is 31.9 Å². The Kier molecular flexibility index (Phi) is 4.35. The quantitative estimate of drug-likeness (QED) is 0.903. The molecule has 116 valence electrons. The molecular formula is C15H19N5OS. The summed E-state index contributed by atoms with van der Waals surface area (Å²) in [6.07, 6.45) is 1.92. The normalized spacial score (nSPS) is 17.7. The van der Waals surface area contributed by atoms with Gasteiger partial charge in [-0.1, -0.05) is 6.07 Å². The molecule has 3 rings (SSSR count). The number of aromatic nitrogens is 2. The van der Waals surface area contributed by atoms with E-state index < -0.39 is 0 Å². The van der Waals surface area contributed by atoms with Gasteiger partial charge in [0.2, 0.25) is 5.91 Å². The molecule has 0 aromatic carbocycles. The number of likely N-dealkylation sites (tertiary alicyclic amines) is 1. The Morgan fingerprint density at radius 3 is 3.09 bits per heavy atom. The van der Waals surface area contributed by atoms with Gasteiger partial charge in [0.25, 0.3) is 0 Å². The highest BCUT2D eigenvalue weighted by Crippen LogP contribution is 2.31. The molecule has 3 N–H and O–H groups in total. The van der Waals surface area contributed by atoms with Gasteiger partial charge in [-0.3, -0.25) is 4.79 Å². The van der Waals surface area contributed by atoms with Crippen LogP contribution in [0.4, 0.5) is 10.9 Å². The van der Waals surface area contributed by atoms with Gasteiger partial charge >= 0.3 is 0 Å². The molecule has 2 aromatic rings. The molecule has 1 saturated heterocycles. The number of carbonyl (C=O) groups is 1. The third-order valence-corrected chi connectivity index (χ3v) is 4.59. The molecule has 1 atom stereocenters. The van der Waals surface area contributed by atoms with Crippen molar-refractivity contribution in [3.05, 3.63) is 35.0 Å². The third kappa shape index (κ3) is 3.10. The number of pyridine rings is 1. The highest BCUT2D eigenvalue weighted by molar-refractivity contribution is 7.13. The van der Waals surface area contributed by atoms with Gasteiger partial charge in [0.15, 0.2) is 5.13 Å². The molecule has 7 heteroatoms. The van der Waals surface area contributed by atoms with Crippen LogP contribution in [0.2, 0.25) is 0 Å². The van der Waals surface area contributed by atoms with Crippen molar-refractivity contribution < 1.29 is 4.79 Å². The molecule has 0 bridgehead atoms. The van der Waals surface area contributed by atoms with Gasteiger partial charge in [0, 0.05) is 11.9 Å². The summed E-state index contributed by atoms with van der Waals surface area (Å²) < 4.78 is 0. The first-order valence-corrected chi connectivity index (χ1v) is 8.21. The number of carbonyl (C=O) groups excluding carboxylic acids is 1. The highest BCUT2D eigenvalue weighted by atomic mass is 32.1. The molecule has 0 aliphatic carbocycles. The van der Waals surface area contributed by atoms with Crippen LogP contribution >= 0.6 is 11.3 Å². The summed E-state index contributed by atoms with van der Waals surface area (Å²) in [6, 6.07) is 5.85. The van der Waals surface area contributed by atoms with E-state index in [9.17, 15) is 4.79 Å². The second-order valence-electron chi connectivity index (χ2n) is 5.32. The van der Waals surface area contributed by atoms with E-state index in [4.69, 9.17) is 5.73 Å². The molecule has 0 unspecified atom stereocenters. The Hall–Kier alpha value is -1.99. The van der Waals surface area contributed by atoms with Crippen molar-refractivity contribution in [3.8, 4) is 0 Å². The zero-order chi connectivity index (χ0) is 15.5. The van der Waals surface area contributed by atoms with E-state index in [2.05, 4.69) is 15.3 Å². The lowest BCUT2D eigenvalue weighted by Crippen LogP contribution is -2.35. The molecule has 6 nitrogen and oxygen atoms in total. The lowest BCUT2D eigenvalue weighted by atomic mass is 10.1. The van der Waals surface area contributed by atoms with Crippen LogP contribution in [-0.2, 0) is 4.79 Å². The van der Waals surface area contributed by atoms with E-state index >= 15 is 0 Å². The van der Waals surface area contributed by atoms with E-state index in [1.165, 1.54) is 0 Å². The Bertz CT molecular complexity index is 671. The number of thiazole rings is 1. The SMILES string of the molecule is Cc1csc(Nc2cccc([C@@H]3CCCN3C(=O)CN)n2)n1. The van der Waals surface area contributed by atoms with E-state index in [0.29, 0.717) is 0 Å². The molecule has 1 aliphatic heterocycles. The largest absolute Gasteiger partial charge is 0.333 e. The molecule has 1 aliphatic rings. The van der Waals surface area contributed by atoms with Crippen LogP contribution in [0, 0.1) is 6.92 Å². The number of hydrogen-bond acceptors (Lipinski definition) is 6. The van der Waals surface area contributed by atoms with Crippen molar-refractivity contribution in [2.45, 2.75) is 25.8 Å². The summed E-state index contributed by atoms with van der Waals surface area (Å²) in [5.41, 5.74) is 7.38. The van der Waals surface area contributed by atoms with Crippen LogP contribution in [0.1, 0.15) is 30.3 Å². The van der Waals surface area contributed by atoms with E-state index in [1.54, 1.807) is 11.3 Å². The molecule has 3 heterocycles. The summed E-state index contributed by atoms with van der Waals surface area (Å²) in [5, 5.41) is 6.03. The van der Waals surface area contributed by atoms with Crippen LogP contribution in [-0.4, -0.2) is 33.9 Å². The van der Waals surface area contributed by atoms with Crippen LogP contribution in [0.3, 0.4) is 0 Å². The Morgan fingerprint density at radius 1 is 1.50 bits per heavy atom. The number of nitrogens with zero attached hydrogens (tertiary/aromatic N) is 3. The topological polar surface area (TPSA) is 84.1 Å². The fraction of sp³-hybridized carbons (Fsp3) is 0.400. The zero-order valence-electron chi connectivity index (χ0n) is 12.5. The maximum atomic E-state index is 11.9. The summed E-state index contributed by atoms with van der Waals surface area (Å²) in [5.74, 6) is 0.733. The average molecular weight is 317 g/mol. The number of anilines is 2. The fourth-order valence-electron chi connectivity index (χ4n) is 2.72. The first kappa shape index (κ1) is 14.9. The monoisotopic (exact) mass is 317 g/mol. The standard InChI is InChI=1S/C15H19N5OS/c1-10-9-22-15(17-10)19-13-6-2-4-11(18-13)12-5-3-7-20(12)14(21)8-16/h2,4,6,9,12H,3,5,7-8,16H2,1H3,(H,17,18,19)/t12-/m0/s1. The van der Waals surface area contributed by atoms with E-state index in [-0.39, 0.29) is 18.5 Å². The first-order valence-electron chi connectivity index (χ1n) is 7.33. The van der Waals surface area contributed by atoms with Gasteiger partial charge < -0.3 is 16.0 Å². The second-order valence-corrected chi connectivity index (χ2v) is 6.17. The Labute approximate surface area is 133 Å². The Balaban J connectivity index is 1.80. The van der Waals surface area contributed by atoms with E-state index in [0.717, 1.165) is 41.7 Å². The van der Waals surface area contributed by atoms with Crippen LogP contribution in [0.25, 0.3) is 0 Å². The number of aryl methyl sites for hydroxylation is 1. The summed E-state index contributed by atoms with van der Waals surface area (Å²) in [6.45, 7) is 2.76. The fourth-order valence-corrected chi connectivity index (χ4v) is 3.41. The molecule has 1 amide bonds. The maximum Gasteiger partial charge on any atom is 0.236 e. The molecule has 2 aromatic heterocycles. The predicted octanol–water partition coefficient (Wildman–Crippen LogP) is 2.21. The van der Waals surface area contributed by atoms with Gasteiger partial charge in [0.1, 0.15) is 5.82 Å². The number of nitrogens with one attached hydrogen (secondary N) is 1. The van der Waals surface area contributed by atoms with Gasteiger partial charge in [-0.15, -0.1) is 11.3 Å². The number of hydrogen-bond donors (Lipinski definition) is 2. The molecule has 22 heavy (non-hydrogen) atoms.